The van der Waals surface area contributed by atoms with E-state index in [1.807, 2.05) is 0 Å². The minimum Gasteiger partial charge on any atom is -0.300 e. The summed E-state index contributed by atoms with van der Waals surface area (Å²) in [5.41, 5.74) is 0. The smallest absolute Gasteiger partial charge is 0.300 e. The maximum atomic E-state index is 13.4. The highest BCUT2D eigenvalue weighted by Crippen LogP contribution is 2.33. The van der Waals surface area contributed by atoms with Gasteiger partial charge in [0.1, 0.15) is 11.4 Å². The summed E-state index contributed by atoms with van der Waals surface area (Å²) in [7, 11) is 0. The van der Waals surface area contributed by atoms with E-state index in [0.29, 0.717) is 11.8 Å². The summed E-state index contributed by atoms with van der Waals surface area (Å²) >= 11 is 0.542. The summed E-state index contributed by atoms with van der Waals surface area (Å²) in [5, 5.41) is -1.89. The first-order chi connectivity index (χ1) is 6.95. The van der Waals surface area contributed by atoms with Crippen molar-refractivity contribution in [2.45, 2.75) is 30.4 Å². The largest absolute Gasteiger partial charge is 0.403 e. The van der Waals surface area contributed by atoms with E-state index in [9.17, 15) is 17.6 Å². The van der Waals surface area contributed by atoms with Gasteiger partial charge in [0.05, 0.1) is 0 Å². The van der Waals surface area contributed by atoms with Gasteiger partial charge >= 0.3 is 6.18 Å². The van der Waals surface area contributed by atoms with E-state index in [0.717, 1.165) is 25.9 Å². The van der Waals surface area contributed by atoms with Crippen LogP contribution in [-0.2, 0) is 0 Å². The van der Waals surface area contributed by atoms with Crippen molar-refractivity contribution in [1.29, 1.82) is 0 Å². The van der Waals surface area contributed by atoms with Gasteiger partial charge in [-0.3, -0.25) is 0 Å². The van der Waals surface area contributed by atoms with Crippen LogP contribution in [-0.4, -0.2) is 48.4 Å². The highest BCUT2D eigenvalue weighted by Gasteiger charge is 2.45. The zero-order valence-corrected chi connectivity index (χ0v) is 9.37. The highest BCUT2D eigenvalue weighted by atomic mass is 32.2. The van der Waals surface area contributed by atoms with Crippen LogP contribution in [0.15, 0.2) is 0 Å². The van der Waals surface area contributed by atoms with Gasteiger partial charge in [0.2, 0.25) is 0 Å². The second-order valence-electron chi connectivity index (χ2n) is 3.72. The lowest BCUT2D eigenvalue weighted by Gasteiger charge is -2.25. The first-order valence-electron chi connectivity index (χ1n) is 4.91. The van der Waals surface area contributed by atoms with Crippen molar-refractivity contribution < 1.29 is 17.6 Å². The normalized spacial score (nSPS) is 23.0. The molecule has 0 saturated carbocycles. The van der Waals surface area contributed by atoms with Gasteiger partial charge in [-0.15, -0.1) is 11.8 Å². The molecule has 1 rings (SSSR count). The molecule has 1 fully saturated rings. The average molecular weight is 245 g/mol. The van der Waals surface area contributed by atoms with Crippen LogP contribution in [0.2, 0.25) is 0 Å². The van der Waals surface area contributed by atoms with E-state index in [2.05, 4.69) is 0 Å². The van der Waals surface area contributed by atoms with Gasteiger partial charge in [0.25, 0.3) is 0 Å². The second kappa shape index (κ2) is 5.39. The van der Waals surface area contributed by atoms with Crippen LogP contribution < -0.4 is 0 Å². The average Bonchev–Trinajstić information content (AvgIpc) is 2.54. The molecule has 1 nitrogen and oxygen atoms in total. The Morgan fingerprint density at radius 3 is 2.20 bits per heavy atom. The molecular formula is C9H15F4NS. The summed E-state index contributed by atoms with van der Waals surface area (Å²) in [5.74, 6) is 0. The number of alkyl halides is 4. The molecule has 6 heteroatoms. The summed E-state index contributed by atoms with van der Waals surface area (Å²) in [6, 6.07) is 0. The molecule has 0 N–H and O–H groups in total. The van der Waals surface area contributed by atoms with Crippen molar-refractivity contribution >= 4 is 11.8 Å². The zero-order chi connectivity index (χ0) is 11.5. The van der Waals surface area contributed by atoms with Gasteiger partial charge < -0.3 is 4.90 Å². The number of hydrogen-bond acceptors (Lipinski definition) is 2. The molecule has 0 bridgehead atoms. The Labute approximate surface area is 91.2 Å². The Kier molecular flexibility index (Phi) is 4.70. The monoisotopic (exact) mass is 245 g/mol. The maximum Gasteiger partial charge on any atom is 0.403 e. The number of hydrogen-bond donors (Lipinski definition) is 0. The fourth-order valence-corrected chi connectivity index (χ4v) is 2.44. The van der Waals surface area contributed by atoms with Crippen LogP contribution in [0.25, 0.3) is 0 Å². The molecule has 1 aliphatic heterocycles. The van der Waals surface area contributed by atoms with E-state index in [4.69, 9.17) is 0 Å². The van der Waals surface area contributed by atoms with Crippen LogP contribution in [0.1, 0.15) is 12.8 Å². The third-order valence-electron chi connectivity index (χ3n) is 2.54. The Balaban J connectivity index is 2.45. The first kappa shape index (κ1) is 13.1. The van der Waals surface area contributed by atoms with E-state index in [1.54, 1.807) is 4.90 Å². The molecule has 0 radical (unpaired) electrons. The van der Waals surface area contributed by atoms with Gasteiger partial charge in [-0.1, -0.05) is 0 Å². The van der Waals surface area contributed by atoms with Gasteiger partial charge in [-0.05, 0) is 32.2 Å². The number of halogens is 4. The molecule has 15 heavy (non-hydrogen) atoms. The van der Waals surface area contributed by atoms with E-state index in [-0.39, 0.29) is 6.54 Å². The summed E-state index contributed by atoms with van der Waals surface area (Å²) in [6.45, 7) is 1.35. The van der Waals surface area contributed by atoms with Crippen molar-refractivity contribution in [1.82, 2.24) is 4.90 Å². The molecule has 2 unspecified atom stereocenters. The number of likely N-dealkylation sites (tertiary alicyclic amines) is 1. The van der Waals surface area contributed by atoms with Gasteiger partial charge in [-0.2, -0.15) is 13.2 Å². The molecule has 1 heterocycles. The molecule has 0 spiro atoms. The third-order valence-corrected chi connectivity index (χ3v) is 3.61. The lowest BCUT2D eigenvalue weighted by molar-refractivity contribution is -0.140. The maximum absolute atomic E-state index is 13.4. The van der Waals surface area contributed by atoms with Gasteiger partial charge in [-0.25, -0.2) is 4.39 Å². The molecule has 0 aliphatic carbocycles. The minimum absolute atomic E-state index is 0.0922. The molecule has 0 aromatic heterocycles. The second-order valence-corrected chi connectivity index (χ2v) is 4.70. The van der Waals surface area contributed by atoms with Crippen molar-refractivity contribution in [2.75, 3.05) is 25.9 Å². The minimum atomic E-state index is -4.45. The summed E-state index contributed by atoms with van der Waals surface area (Å²) in [6.07, 6.45) is -3.04. The predicted octanol–water partition coefficient (Wildman–Crippen LogP) is 2.71. The van der Waals surface area contributed by atoms with E-state index < -0.39 is 17.6 Å². The van der Waals surface area contributed by atoms with Crippen LogP contribution >= 0.6 is 11.8 Å². The topological polar surface area (TPSA) is 3.24 Å². The SMILES string of the molecule is CSC(C(F)CN1CCCC1)C(F)(F)F. The Bertz CT molecular complexity index is 191. The molecule has 0 amide bonds. The van der Waals surface area contributed by atoms with Crippen LogP contribution in [0.3, 0.4) is 0 Å². The Hall–Kier alpha value is 0.0300. The van der Waals surface area contributed by atoms with Crippen LogP contribution in [0.4, 0.5) is 17.6 Å². The van der Waals surface area contributed by atoms with Crippen molar-refractivity contribution in [3.05, 3.63) is 0 Å². The molecule has 90 valence electrons. The zero-order valence-electron chi connectivity index (χ0n) is 8.56. The molecule has 0 aromatic carbocycles. The van der Waals surface area contributed by atoms with Gasteiger partial charge in [0, 0.05) is 6.54 Å². The quantitative estimate of drug-likeness (QED) is 0.701. The van der Waals surface area contributed by atoms with E-state index in [1.165, 1.54) is 6.26 Å². The molecular weight excluding hydrogens is 230 g/mol. The molecule has 1 aliphatic rings. The fourth-order valence-electron chi connectivity index (χ4n) is 1.79. The lowest BCUT2D eigenvalue weighted by atomic mass is 10.2. The van der Waals surface area contributed by atoms with Gasteiger partial charge in [0.15, 0.2) is 0 Å². The third kappa shape index (κ3) is 3.83. The highest BCUT2D eigenvalue weighted by molar-refractivity contribution is 7.99. The first-order valence-corrected chi connectivity index (χ1v) is 6.20. The summed E-state index contributed by atoms with van der Waals surface area (Å²) in [4.78, 5) is 1.76. The lowest BCUT2D eigenvalue weighted by Crippen LogP contribution is -2.41. The molecule has 2 atom stereocenters. The fraction of sp³-hybridized carbons (Fsp3) is 1.00. The van der Waals surface area contributed by atoms with Crippen molar-refractivity contribution in [3.8, 4) is 0 Å². The Morgan fingerprint density at radius 1 is 1.27 bits per heavy atom. The van der Waals surface area contributed by atoms with Crippen molar-refractivity contribution in [2.24, 2.45) is 0 Å². The molecule has 0 aromatic rings. The van der Waals surface area contributed by atoms with Crippen LogP contribution in [0, 0.1) is 0 Å². The summed E-state index contributed by atoms with van der Waals surface area (Å²) < 4.78 is 50.5. The number of rotatable bonds is 4. The molecule has 1 saturated heterocycles. The number of nitrogens with zero attached hydrogens (tertiary/aromatic N) is 1. The standard InChI is InChI=1S/C9H15F4NS/c1-15-8(9(11,12)13)7(10)6-14-4-2-3-5-14/h7-8H,2-6H2,1H3. The van der Waals surface area contributed by atoms with Crippen LogP contribution in [0.5, 0.6) is 0 Å². The van der Waals surface area contributed by atoms with E-state index >= 15 is 0 Å². The predicted molar refractivity (Wildman–Crippen MR) is 53.9 cm³/mol. The Morgan fingerprint density at radius 2 is 1.80 bits per heavy atom. The van der Waals surface area contributed by atoms with Crippen molar-refractivity contribution in [3.63, 3.8) is 0 Å². The number of thioether (sulfide) groups is 1.